The van der Waals surface area contributed by atoms with Crippen LogP contribution in [0.4, 0.5) is 0 Å². The van der Waals surface area contributed by atoms with E-state index in [9.17, 15) is 14.4 Å². The molecule has 0 N–H and O–H groups in total. The normalized spacial score (nSPS) is 13.4. The van der Waals surface area contributed by atoms with E-state index >= 15 is 0 Å². The maximum absolute atomic E-state index is 12.4. The van der Waals surface area contributed by atoms with Crippen molar-refractivity contribution in [1.29, 1.82) is 0 Å². The molecule has 0 aromatic heterocycles. The lowest BCUT2D eigenvalue weighted by molar-refractivity contribution is -0.131. The van der Waals surface area contributed by atoms with Gasteiger partial charge in [0.15, 0.2) is 11.5 Å². The van der Waals surface area contributed by atoms with Crippen LogP contribution in [-0.2, 0) is 16.0 Å². The second-order valence-corrected chi connectivity index (χ2v) is 4.66. The zero-order valence-corrected chi connectivity index (χ0v) is 12.8. The van der Waals surface area contributed by atoms with Crippen molar-refractivity contribution in [3.63, 3.8) is 0 Å². The number of carbonyl (C=O) groups excluding carboxylic acids is 3. The van der Waals surface area contributed by atoms with Gasteiger partial charge >= 0.3 is 5.97 Å². The first-order valence-corrected chi connectivity index (χ1v) is 6.71. The fourth-order valence-electron chi connectivity index (χ4n) is 2.41. The predicted octanol–water partition coefficient (Wildman–Crippen LogP) is 2.09. The summed E-state index contributed by atoms with van der Waals surface area (Å²) in [6.45, 7) is 3.07. The molecule has 2 rings (SSSR count). The molecule has 0 saturated heterocycles. The van der Waals surface area contributed by atoms with Crippen molar-refractivity contribution in [1.82, 2.24) is 0 Å². The topological polar surface area (TPSA) is 78.9 Å². The van der Waals surface area contributed by atoms with E-state index in [0.717, 1.165) is 6.08 Å². The minimum Gasteiger partial charge on any atom is -0.496 e. The third-order valence-electron chi connectivity index (χ3n) is 3.36. The Bertz CT molecular complexity index is 699. The molecule has 0 fully saturated rings. The second-order valence-electron chi connectivity index (χ2n) is 4.66. The van der Waals surface area contributed by atoms with Gasteiger partial charge in [0.25, 0.3) is 0 Å². The molecule has 0 radical (unpaired) electrons. The van der Waals surface area contributed by atoms with Crippen molar-refractivity contribution in [3.8, 4) is 11.5 Å². The molecule has 0 atom stereocenters. The lowest BCUT2D eigenvalue weighted by atomic mass is 9.89. The lowest BCUT2D eigenvalue weighted by Crippen LogP contribution is -2.21. The molecular formula is C16H16O6. The van der Waals surface area contributed by atoms with Crippen molar-refractivity contribution < 1.29 is 28.6 Å². The molecule has 6 nitrogen and oxygen atoms in total. The van der Waals surface area contributed by atoms with E-state index in [2.05, 4.69) is 0 Å². The average Bonchev–Trinajstić information content (AvgIpc) is 2.49. The predicted molar refractivity (Wildman–Crippen MR) is 77.4 cm³/mol. The van der Waals surface area contributed by atoms with Crippen LogP contribution in [0.5, 0.6) is 11.5 Å². The number of rotatable bonds is 4. The Morgan fingerprint density at radius 2 is 1.86 bits per heavy atom. The third-order valence-corrected chi connectivity index (χ3v) is 3.36. The molecule has 116 valence electrons. The first-order valence-electron chi connectivity index (χ1n) is 6.71. The summed E-state index contributed by atoms with van der Waals surface area (Å²) in [5.41, 5.74) is 0.736. The number of benzene rings is 1. The van der Waals surface area contributed by atoms with Crippen LogP contribution in [0.2, 0.25) is 0 Å². The van der Waals surface area contributed by atoms with Gasteiger partial charge in [-0.3, -0.25) is 14.4 Å². The quantitative estimate of drug-likeness (QED) is 0.626. The molecule has 1 aromatic rings. The highest BCUT2D eigenvalue weighted by Crippen LogP contribution is 2.39. The van der Waals surface area contributed by atoms with Crippen molar-refractivity contribution in [2.45, 2.75) is 20.3 Å². The highest BCUT2D eigenvalue weighted by atomic mass is 16.5. The molecule has 6 heteroatoms. The Kier molecular flexibility index (Phi) is 4.30. The van der Waals surface area contributed by atoms with Crippen LogP contribution < -0.4 is 9.47 Å². The Morgan fingerprint density at radius 3 is 2.36 bits per heavy atom. The van der Waals surface area contributed by atoms with Crippen molar-refractivity contribution >= 4 is 17.5 Å². The molecule has 1 aliphatic rings. The van der Waals surface area contributed by atoms with Crippen LogP contribution in [0.1, 0.15) is 40.1 Å². The largest absolute Gasteiger partial charge is 0.496 e. The van der Waals surface area contributed by atoms with Gasteiger partial charge in [0.05, 0.1) is 19.8 Å². The van der Waals surface area contributed by atoms with Crippen LogP contribution in [0.25, 0.3) is 0 Å². The minimum absolute atomic E-state index is 0.0578. The highest BCUT2D eigenvalue weighted by Gasteiger charge is 2.33. The van der Waals surface area contributed by atoms with Gasteiger partial charge in [-0.1, -0.05) is 6.92 Å². The number of hydrogen-bond donors (Lipinski definition) is 0. The summed E-state index contributed by atoms with van der Waals surface area (Å²) in [6.07, 6.45) is 1.57. The highest BCUT2D eigenvalue weighted by molar-refractivity contribution is 6.25. The number of fused-ring (bicyclic) bond motifs is 1. The fourth-order valence-corrected chi connectivity index (χ4v) is 2.41. The molecule has 0 bridgehead atoms. The number of ether oxygens (including phenoxy) is 3. The summed E-state index contributed by atoms with van der Waals surface area (Å²) < 4.78 is 15.4. The number of hydrogen-bond acceptors (Lipinski definition) is 6. The molecule has 22 heavy (non-hydrogen) atoms. The fraction of sp³-hybridized carbons (Fsp3) is 0.312. The molecule has 0 saturated carbocycles. The van der Waals surface area contributed by atoms with Gasteiger partial charge in [0.1, 0.15) is 11.5 Å². The number of Topliss-reactive ketones (excluding diaryl/α,β-unsaturated/α-hetero) is 1. The van der Waals surface area contributed by atoms with Gasteiger partial charge in [-0.15, -0.1) is 0 Å². The monoisotopic (exact) mass is 304 g/mol. The van der Waals surface area contributed by atoms with E-state index in [4.69, 9.17) is 14.2 Å². The number of methoxy groups -OCH3 is 2. The molecular weight excluding hydrogens is 288 g/mol. The van der Waals surface area contributed by atoms with Gasteiger partial charge in [0.2, 0.25) is 5.78 Å². The summed E-state index contributed by atoms with van der Waals surface area (Å²) in [4.78, 5) is 36.1. The maximum atomic E-state index is 12.4. The number of carbonyl (C=O) groups is 3. The van der Waals surface area contributed by atoms with Gasteiger partial charge in [0, 0.05) is 24.1 Å². The standard InChI is InChI=1S/C16H16O6/c1-5-9-12(20-3)6-10-14(16(9)22-8(2)17)11(18)7-13(21-4)15(10)19/h6-7H,5H2,1-4H3. The summed E-state index contributed by atoms with van der Waals surface area (Å²) in [7, 11) is 2.76. The van der Waals surface area contributed by atoms with Gasteiger partial charge in [-0.05, 0) is 12.5 Å². The van der Waals surface area contributed by atoms with E-state index in [0.29, 0.717) is 17.7 Å². The zero-order valence-electron chi connectivity index (χ0n) is 12.8. The first kappa shape index (κ1) is 15.8. The Balaban J connectivity index is 2.80. The van der Waals surface area contributed by atoms with Crippen LogP contribution in [0.3, 0.4) is 0 Å². The SMILES string of the molecule is CCc1c(OC)cc2c(c1OC(C)=O)C(=O)C=C(OC)C2=O. The van der Waals surface area contributed by atoms with Crippen LogP contribution in [0, 0.1) is 0 Å². The Labute approximate surface area is 127 Å². The molecule has 0 spiro atoms. The molecule has 0 aliphatic heterocycles. The summed E-state index contributed by atoms with van der Waals surface area (Å²) in [6, 6.07) is 1.48. The van der Waals surface area contributed by atoms with Gasteiger partial charge in [-0.25, -0.2) is 0 Å². The maximum Gasteiger partial charge on any atom is 0.308 e. The van der Waals surface area contributed by atoms with E-state index in [-0.39, 0.29) is 22.6 Å². The van der Waals surface area contributed by atoms with E-state index < -0.39 is 17.5 Å². The molecule has 1 aliphatic carbocycles. The molecule has 0 heterocycles. The number of esters is 1. The van der Waals surface area contributed by atoms with Gasteiger partial charge < -0.3 is 14.2 Å². The van der Waals surface area contributed by atoms with Crippen LogP contribution in [-0.4, -0.2) is 31.8 Å². The van der Waals surface area contributed by atoms with Gasteiger partial charge in [-0.2, -0.15) is 0 Å². The average molecular weight is 304 g/mol. The Morgan fingerprint density at radius 1 is 1.18 bits per heavy atom. The van der Waals surface area contributed by atoms with Crippen molar-refractivity contribution in [2.24, 2.45) is 0 Å². The molecule has 0 amide bonds. The van der Waals surface area contributed by atoms with Crippen molar-refractivity contribution in [2.75, 3.05) is 14.2 Å². The van der Waals surface area contributed by atoms with E-state index in [1.54, 1.807) is 0 Å². The molecule has 0 unspecified atom stereocenters. The Hall–Kier alpha value is -2.63. The number of ketones is 2. The number of allylic oxidation sites excluding steroid dienone is 2. The van der Waals surface area contributed by atoms with E-state index in [1.807, 2.05) is 6.92 Å². The minimum atomic E-state index is -0.577. The van der Waals surface area contributed by atoms with Crippen LogP contribution >= 0.6 is 0 Å². The van der Waals surface area contributed by atoms with Crippen molar-refractivity contribution in [3.05, 3.63) is 34.6 Å². The smallest absolute Gasteiger partial charge is 0.308 e. The van der Waals surface area contributed by atoms with E-state index in [1.165, 1.54) is 27.2 Å². The molecule has 1 aromatic carbocycles. The second kappa shape index (κ2) is 6.01. The summed E-state index contributed by atoms with van der Waals surface area (Å²) in [5.74, 6) is -1.07. The third kappa shape index (κ3) is 2.47. The first-order chi connectivity index (χ1) is 10.4. The van der Waals surface area contributed by atoms with Crippen LogP contribution in [0.15, 0.2) is 17.9 Å². The summed E-state index contributed by atoms with van der Waals surface area (Å²) >= 11 is 0. The zero-order chi connectivity index (χ0) is 16.4. The lowest BCUT2D eigenvalue weighted by Gasteiger charge is -2.21. The summed E-state index contributed by atoms with van der Waals surface area (Å²) in [5, 5.41) is 0.